The fourth-order valence-electron chi connectivity index (χ4n) is 2.45. The Balaban J connectivity index is 0.00000156. The number of hydrogen-bond acceptors (Lipinski definition) is 8. The zero-order valence-corrected chi connectivity index (χ0v) is 14.5. The van der Waals surface area contributed by atoms with Gasteiger partial charge in [-0.15, -0.1) is 0 Å². The Morgan fingerprint density at radius 2 is 1.50 bits per heavy atom. The molecule has 0 amide bonds. The first-order valence-corrected chi connectivity index (χ1v) is 6.49. The van der Waals surface area contributed by atoms with E-state index in [-0.39, 0.29) is 53.6 Å². The van der Waals surface area contributed by atoms with Crippen LogP contribution >= 0.6 is 0 Å². The number of ketones is 1. The minimum Gasteiger partial charge on any atom is -1.00 e. The Labute approximate surface area is 159 Å². The average Bonchev–Trinajstić information content (AvgIpc) is 2.47. The van der Waals surface area contributed by atoms with Gasteiger partial charge in [0.15, 0.2) is 29.5 Å². The number of Topliss-reactive ketones (excluding diaryl/α,β-unsaturated/α-hetero) is 1. The minimum absolute atomic E-state index is 0. The van der Waals surface area contributed by atoms with Crippen molar-refractivity contribution in [1.29, 1.82) is 0 Å². The molecule has 2 atom stereocenters. The summed E-state index contributed by atoms with van der Waals surface area (Å²) in [6, 6.07) is 4.06. The van der Waals surface area contributed by atoms with Gasteiger partial charge in [-0.2, -0.15) is 0 Å². The van der Waals surface area contributed by atoms with Gasteiger partial charge in [-0.05, 0) is 12.1 Å². The summed E-state index contributed by atoms with van der Waals surface area (Å²) in [6.45, 7) is 0. The molecule has 122 valence electrons. The summed E-state index contributed by atoms with van der Waals surface area (Å²) in [6.07, 6.45) is -3.03. The van der Waals surface area contributed by atoms with Crippen LogP contribution in [0.5, 0.6) is 34.5 Å². The SMILES string of the molecule is O=C1c2c(O)cc(O)cc2O[C@@H](c2cc(O)c(O)c(O)c2)[C@@H]1O.[H-].[Na+]. The van der Waals surface area contributed by atoms with Gasteiger partial charge < -0.3 is 36.8 Å². The van der Waals surface area contributed by atoms with Crippen molar-refractivity contribution in [2.45, 2.75) is 12.2 Å². The van der Waals surface area contributed by atoms with Crippen molar-refractivity contribution >= 4 is 5.78 Å². The first-order valence-electron chi connectivity index (χ1n) is 6.49. The number of phenols is 5. The molecule has 1 aliphatic rings. The van der Waals surface area contributed by atoms with E-state index in [4.69, 9.17) is 4.74 Å². The molecule has 1 aliphatic heterocycles. The van der Waals surface area contributed by atoms with Crippen molar-refractivity contribution in [3.8, 4) is 34.5 Å². The Bertz CT molecular complexity index is 802. The molecule has 2 aromatic rings. The van der Waals surface area contributed by atoms with E-state index in [1.54, 1.807) is 0 Å². The monoisotopic (exact) mass is 344 g/mol. The van der Waals surface area contributed by atoms with E-state index >= 15 is 0 Å². The number of aliphatic hydroxyl groups is 1. The summed E-state index contributed by atoms with van der Waals surface area (Å²) < 4.78 is 5.42. The molecule has 0 radical (unpaired) electrons. The number of fused-ring (bicyclic) bond motifs is 1. The molecule has 0 unspecified atom stereocenters. The molecule has 0 bridgehead atoms. The zero-order chi connectivity index (χ0) is 16.9. The molecule has 24 heavy (non-hydrogen) atoms. The fourth-order valence-corrected chi connectivity index (χ4v) is 2.45. The maximum absolute atomic E-state index is 12.2. The Morgan fingerprint density at radius 3 is 2.08 bits per heavy atom. The van der Waals surface area contributed by atoms with E-state index < -0.39 is 41.0 Å². The Hall–Kier alpha value is -2.13. The van der Waals surface area contributed by atoms with Gasteiger partial charge in [-0.3, -0.25) is 4.79 Å². The van der Waals surface area contributed by atoms with Crippen LogP contribution < -0.4 is 34.3 Å². The molecule has 0 aliphatic carbocycles. The van der Waals surface area contributed by atoms with Gasteiger partial charge in [-0.1, -0.05) is 0 Å². The molecule has 0 saturated carbocycles. The maximum atomic E-state index is 12.2. The van der Waals surface area contributed by atoms with Crippen LogP contribution in [0.1, 0.15) is 23.5 Å². The summed E-state index contributed by atoms with van der Waals surface area (Å²) in [5.41, 5.74) is -0.258. The smallest absolute Gasteiger partial charge is 1.00 e. The second-order valence-electron chi connectivity index (χ2n) is 5.09. The summed E-state index contributed by atoms with van der Waals surface area (Å²) in [5.74, 6) is -3.96. The van der Waals surface area contributed by atoms with Crippen molar-refractivity contribution in [1.82, 2.24) is 0 Å². The Morgan fingerprint density at radius 1 is 0.917 bits per heavy atom. The van der Waals surface area contributed by atoms with E-state index in [0.717, 1.165) is 24.3 Å². The van der Waals surface area contributed by atoms with Crippen molar-refractivity contribution in [3.63, 3.8) is 0 Å². The summed E-state index contributed by atoms with van der Waals surface area (Å²) in [7, 11) is 0. The molecular formula is C15H13NaO8. The topological polar surface area (TPSA) is 148 Å². The molecule has 0 fully saturated rings. The van der Waals surface area contributed by atoms with Crippen LogP contribution in [-0.4, -0.2) is 42.5 Å². The van der Waals surface area contributed by atoms with Crippen LogP contribution in [0.15, 0.2) is 24.3 Å². The van der Waals surface area contributed by atoms with Gasteiger partial charge in [-0.25, -0.2) is 0 Å². The minimum atomic E-state index is -1.72. The largest absolute Gasteiger partial charge is 1.00 e. The molecule has 9 heteroatoms. The number of rotatable bonds is 1. The Kier molecular flexibility index (Phi) is 4.86. The average molecular weight is 344 g/mol. The number of phenolic OH excluding ortho intramolecular Hbond substituents is 5. The third-order valence-electron chi connectivity index (χ3n) is 3.54. The molecule has 0 spiro atoms. The van der Waals surface area contributed by atoms with E-state index in [9.17, 15) is 35.4 Å². The predicted molar refractivity (Wildman–Crippen MR) is 76.0 cm³/mol. The third kappa shape index (κ3) is 2.84. The number of aliphatic hydroxyl groups excluding tert-OH is 1. The van der Waals surface area contributed by atoms with Crippen LogP contribution in [0.4, 0.5) is 0 Å². The van der Waals surface area contributed by atoms with Gasteiger partial charge in [0.1, 0.15) is 22.8 Å². The number of carbonyl (C=O) groups excluding carboxylic acids is 1. The summed E-state index contributed by atoms with van der Waals surface area (Å²) >= 11 is 0. The van der Waals surface area contributed by atoms with Gasteiger partial charge in [0.2, 0.25) is 5.78 Å². The van der Waals surface area contributed by atoms with Gasteiger partial charge in [0.25, 0.3) is 0 Å². The van der Waals surface area contributed by atoms with Gasteiger partial charge in [0, 0.05) is 17.7 Å². The molecule has 1 heterocycles. The standard InChI is InChI=1S/C15H12O8.Na.H/c16-6-3-7(17)11-10(4-6)23-15(14(22)13(11)21)5-1-8(18)12(20)9(19)2-5;;/h1-4,14-20,22H;;/q;+1;-1/t14-,15+;;/m1../s1. The van der Waals surface area contributed by atoms with Crippen LogP contribution in [0.3, 0.4) is 0 Å². The van der Waals surface area contributed by atoms with Crippen molar-refractivity contribution in [2.24, 2.45) is 0 Å². The molecule has 0 saturated heterocycles. The van der Waals surface area contributed by atoms with Crippen LogP contribution in [0.25, 0.3) is 0 Å². The molecule has 0 aromatic heterocycles. The maximum Gasteiger partial charge on any atom is 1.00 e. The van der Waals surface area contributed by atoms with Crippen molar-refractivity contribution < 1.29 is 71.2 Å². The van der Waals surface area contributed by atoms with E-state index in [2.05, 4.69) is 0 Å². The molecular weight excluding hydrogens is 331 g/mol. The second kappa shape index (κ2) is 6.40. The van der Waals surface area contributed by atoms with Crippen LogP contribution in [-0.2, 0) is 0 Å². The number of aromatic hydroxyl groups is 5. The van der Waals surface area contributed by atoms with Crippen molar-refractivity contribution in [3.05, 3.63) is 35.4 Å². The van der Waals surface area contributed by atoms with E-state index in [1.807, 2.05) is 0 Å². The fraction of sp³-hybridized carbons (Fsp3) is 0.133. The first-order chi connectivity index (χ1) is 10.8. The molecule has 6 N–H and O–H groups in total. The summed E-state index contributed by atoms with van der Waals surface area (Å²) in [4.78, 5) is 12.2. The van der Waals surface area contributed by atoms with Crippen molar-refractivity contribution in [2.75, 3.05) is 0 Å². The number of hydrogen-bond donors (Lipinski definition) is 6. The number of benzene rings is 2. The van der Waals surface area contributed by atoms with E-state index in [0.29, 0.717) is 0 Å². The normalized spacial score (nSPS) is 19.1. The number of carbonyl (C=O) groups is 1. The van der Waals surface area contributed by atoms with Gasteiger partial charge in [0.05, 0.1) is 0 Å². The van der Waals surface area contributed by atoms with Crippen LogP contribution in [0, 0.1) is 0 Å². The zero-order valence-electron chi connectivity index (χ0n) is 13.5. The molecule has 2 aromatic carbocycles. The van der Waals surface area contributed by atoms with E-state index in [1.165, 1.54) is 0 Å². The second-order valence-corrected chi connectivity index (χ2v) is 5.09. The molecule has 3 rings (SSSR count). The predicted octanol–water partition coefficient (Wildman–Crippen LogP) is -1.99. The number of ether oxygens (including phenoxy) is 1. The molecule has 8 nitrogen and oxygen atoms in total. The third-order valence-corrected chi connectivity index (χ3v) is 3.54. The van der Waals surface area contributed by atoms with Crippen LogP contribution in [0.2, 0.25) is 0 Å². The first kappa shape index (κ1) is 18.2. The quantitative estimate of drug-likeness (QED) is 0.257. The summed E-state index contributed by atoms with van der Waals surface area (Å²) in [5, 5.41) is 57.7. The van der Waals surface area contributed by atoms with Gasteiger partial charge >= 0.3 is 29.6 Å².